The van der Waals surface area contributed by atoms with Crippen LogP contribution in [0.4, 0.5) is 9.39 Å². The predicted molar refractivity (Wildman–Crippen MR) is 102 cm³/mol. The number of halogens is 1. The number of carbonyl (C=O) groups excluding carboxylic acids is 1. The molecular formula is C19H22FN3O3S. The normalized spacial score (nSPS) is 15.3. The molecule has 3 rings (SSSR count). The van der Waals surface area contributed by atoms with Crippen molar-refractivity contribution in [2.24, 2.45) is 11.3 Å². The second-order valence-corrected chi connectivity index (χ2v) is 8.57. The van der Waals surface area contributed by atoms with Gasteiger partial charge in [0, 0.05) is 11.4 Å². The van der Waals surface area contributed by atoms with Crippen LogP contribution in [0.15, 0.2) is 18.2 Å². The smallest absolute Gasteiger partial charge is 0.339 e. The number of anilines is 1. The van der Waals surface area contributed by atoms with Gasteiger partial charge in [-0.05, 0) is 41.9 Å². The van der Waals surface area contributed by atoms with Gasteiger partial charge in [0.1, 0.15) is 10.8 Å². The molecule has 8 heteroatoms. The lowest BCUT2D eigenvalue weighted by Crippen LogP contribution is -2.25. The van der Waals surface area contributed by atoms with Gasteiger partial charge in [-0.1, -0.05) is 26.0 Å². The van der Waals surface area contributed by atoms with E-state index in [0.717, 1.165) is 23.3 Å². The van der Waals surface area contributed by atoms with E-state index in [2.05, 4.69) is 24.6 Å². The van der Waals surface area contributed by atoms with Gasteiger partial charge in [0.05, 0.1) is 11.1 Å². The summed E-state index contributed by atoms with van der Waals surface area (Å²) in [6, 6.07) is 4.28. The summed E-state index contributed by atoms with van der Waals surface area (Å²) >= 11 is 1.26. The topological polar surface area (TPSA) is 104 Å². The van der Waals surface area contributed by atoms with Crippen LogP contribution in [0.25, 0.3) is 0 Å². The Balaban J connectivity index is 1.99. The third-order valence-corrected chi connectivity index (χ3v) is 6.04. The first-order valence-corrected chi connectivity index (χ1v) is 9.45. The Labute approximate surface area is 160 Å². The van der Waals surface area contributed by atoms with Gasteiger partial charge in [-0.15, -0.1) is 11.3 Å². The predicted octanol–water partition coefficient (Wildman–Crippen LogP) is 3.32. The van der Waals surface area contributed by atoms with Crippen LogP contribution in [0.5, 0.6) is 0 Å². The van der Waals surface area contributed by atoms with Crippen LogP contribution in [0.2, 0.25) is 0 Å². The highest BCUT2D eigenvalue weighted by Crippen LogP contribution is 2.44. The average molecular weight is 391 g/mol. The fourth-order valence-electron chi connectivity index (χ4n) is 3.48. The highest BCUT2D eigenvalue weighted by Gasteiger charge is 2.33. The molecule has 0 radical (unpaired) electrons. The zero-order chi connectivity index (χ0) is 19.8. The fraction of sp³-hybridized carbons (Fsp3) is 0.368. The largest absolute Gasteiger partial charge is 0.478 e. The van der Waals surface area contributed by atoms with Crippen molar-refractivity contribution in [3.05, 3.63) is 51.1 Å². The molecule has 1 aliphatic carbocycles. The van der Waals surface area contributed by atoms with Crippen LogP contribution < -0.4 is 16.6 Å². The number of hydrogen-bond acceptors (Lipinski definition) is 5. The lowest BCUT2D eigenvalue weighted by Gasteiger charge is -2.29. The first-order valence-electron chi connectivity index (χ1n) is 8.63. The number of fused-ring (bicyclic) bond motifs is 1. The van der Waals surface area contributed by atoms with Gasteiger partial charge in [-0.3, -0.25) is 16.1 Å². The van der Waals surface area contributed by atoms with Crippen molar-refractivity contribution < 1.29 is 19.1 Å². The van der Waals surface area contributed by atoms with Crippen molar-refractivity contribution in [1.82, 2.24) is 5.43 Å². The van der Waals surface area contributed by atoms with Gasteiger partial charge in [0.25, 0.3) is 5.91 Å². The van der Waals surface area contributed by atoms with Crippen molar-refractivity contribution in [1.29, 1.82) is 0 Å². The van der Waals surface area contributed by atoms with E-state index >= 15 is 0 Å². The maximum atomic E-state index is 14.3. The van der Waals surface area contributed by atoms with Gasteiger partial charge in [0.2, 0.25) is 0 Å². The van der Waals surface area contributed by atoms with Crippen molar-refractivity contribution in [2.75, 3.05) is 5.32 Å². The molecule has 0 saturated carbocycles. The number of nitrogens with one attached hydrogen (secondary N) is 2. The van der Waals surface area contributed by atoms with Gasteiger partial charge < -0.3 is 10.4 Å². The highest BCUT2D eigenvalue weighted by atomic mass is 32.1. The summed E-state index contributed by atoms with van der Waals surface area (Å²) < 4.78 is 14.3. The summed E-state index contributed by atoms with van der Waals surface area (Å²) in [6.45, 7) is 4.31. The summed E-state index contributed by atoms with van der Waals surface area (Å²) in [5.74, 6) is 2.86. The Morgan fingerprint density at radius 3 is 2.74 bits per heavy atom. The number of amides is 1. The minimum atomic E-state index is -1.09. The summed E-state index contributed by atoms with van der Waals surface area (Å²) in [4.78, 5) is 25.6. The van der Waals surface area contributed by atoms with Crippen LogP contribution >= 0.6 is 11.3 Å². The Kier molecular flexibility index (Phi) is 5.32. The molecule has 144 valence electrons. The zero-order valence-electron chi connectivity index (χ0n) is 15.2. The molecule has 0 atom stereocenters. The van der Waals surface area contributed by atoms with E-state index in [4.69, 9.17) is 5.84 Å². The second kappa shape index (κ2) is 7.38. The third-order valence-electron chi connectivity index (χ3n) is 4.84. The van der Waals surface area contributed by atoms with E-state index in [9.17, 15) is 19.1 Å². The second-order valence-electron chi connectivity index (χ2n) is 7.46. The Morgan fingerprint density at radius 1 is 1.33 bits per heavy atom. The fourth-order valence-corrected chi connectivity index (χ4v) is 4.68. The summed E-state index contributed by atoms with van der Waals surface area (Å²) in [7, 11) is 0. The van der Waals surface area contributed by atoms with E-state index in [-0.39, 0.29) is 28.1 Å². The number of aryl methyl sites for hydroxylation is 1. The molecule has 0 bridgehead atoms. The number of carboxylic acid groups (broad SMARTS) is 1. The lowest BCUT2D eigenvalue weighted by molar-refractivity contribution is 0.0696. The maximum absolute atomic E-state index is 14.3. The third kappa shape index (κ3) is 3.87. The molecule has 2 aromatic rings. The molecule has 1 amide bonds. The lowest BCUT2D eigenvalue weighted by atomic mass is 9.76. The zero-order valence-corrected chi connectivity index (χ0v) is 16.0. The molecule has 0 fully saturated rings. The molecule has 1 aliphatic rings. The molecular weight excluding hydrogens is 369 g/mol. The molecule has 6 nitrogen and oxygen atoms in total. The molecule has 1 aromatic heterocycles. The van der Waals surface area contributed by atoms with Crippen molar-refractivity contribution >= 4 is 28.2 Å². The van der Waals surface area contributed by atoms with Crippen LogP contribution in [0, 0.1) is 11.2 Å². The molecule has 0 unspecified atom stereocenters. The molecule has 1 heterocycles. The average Bonchev–Trinajstić information content (AvgIpc) is 2.91. The number of carboxylic acids is 1. The number of hydrazine groups is 1. The number of hydrogen-bond donors (Lipinski definition) is 4. The molecule has 0 saturated heterocycles. The minimum absolute atomic E-state index is 0.00502. The first-order chi connectivity index (χ1) is 12.7. The summed E-state index contributed by atoms with van der Waals surface area (Å²) in [6.07, 6.45) is 2.36. The quantitative estimate of drug-likeness (QED) is 0.462. The number of aromatic carboxylic acids is 1. The number of thiophene rings is 1. The number of rotatable bonds is 5. The van der Waals surface area contributed by atoms with Crippen LogP contribution in [-0.4, -0.2) is 17.0 Å². The van der Waals surface area contributed by atoms with Gasteiger partial charge >= 0.3 is 5.97 Å². The van der Waals surface area contributed by atoms with Gasteiger partial charge in [-0.25, -0.2) is 9.18 Å². The number of carbonyl (C=O) groups is 2. The summed E-state index contributed by atoms with van der Waals surface area (Å²) in [5, 5.41) is 12.6. The SMILES string of the molecule is CC1(C)CCc2sc(NC(=O)c3c(F)cccc3CNN)c(C(=O)O)c2C1. The number of nitrogens with two attached hydrogens (primary N) is 1. The minimum Gasteiger partial charge on any atom is -0.478 e. The Morgan fingerprint density at radius 2 is 2.07 bits per heavy atom. The van der Waals surface area contributed by atoms with Crippen molar-refractivity contribution in [3.63, 3.8) is 0 Å². The molecule has 0 aliphatic heterocycles. The monoisotopic (exact) mass is 391 g/mol. The Hall–Kier alpha value is -2.29. The van der Waals surface area contributed by atoms with E-state index in [0.29, 0.717) is 12.0 Å². The van der Waals surface area contributed by atoms with E-state index in [1.165, 1.54) is 23.5 Å². The molecule has 27 heavy (non-hydrogen) atoms. The van der Waals surface area contributed by atoms with E-state index < -0.39 is 17.7 Å². The van der Waals surface area contributed by atoms with Crippen molar-refractivity contribution in [3.8, 4) is 0 Å². The number of benzene rings is 1. The standard InChI is InChI=1S/C19H22FN3O3S/c1-19(2)7-6-13-11(8-19)15(18(25)26)17(27-13)23-16(24)14-10(9-22-21)4-3-5-12(14)20/h3-5,22H,6-9,21H2,1-2H3,(H,23,24)(H,25,26). The van der Waals surface area contributed by atoms with Crippen LogP contribution in [-0.2, 0) is 19.4 Å². The Bertz CT molecular complexity index is 908. The molecule has 0 spiro atoms. The van der Waals surface area contributed by atoms with Crippen LogP contribution in [0.1, 0.15) is 57.0 Å². The van der Waals surface area contributed by atoms with Crippen molar-refractivity contribution in [2.45, 2.75) is 39.7 Å². The van der Waals surface area contributed by atoms with Gasteiger partial charge in [0.15, 0.2) is 0 Å². The van der Waals surface area contributed by atoms with E-state index in [1.54, 1.807) is 6.07 Å². The molecule has 1 aromatic carbocycles. The first kappa shape index (κ1) is 19.5. The van der Waals surface area contributed by atoms with Crippen LogP contribution in [0.3, 0.4) is 0 Å². The van der Waals surface area contributed by atoms with E-state index in [1.807, 2.05) is 0 Å². The maximum Gasteiger partial charge on any atom is 0.339 e. The summed E-state index contributed by atoms with van der Waals surface area (Å²) in [5.41, 5.74) is 3.56. The van der Waals surface area contributed by atoms with Gasteiger partial charge in [-0.2, -0.15) is 0 Å². The highest BCUT2D eigenvalue weighted by molar-refractivity contribution is 7.17. The molecule has 5 N–H and O–H groups in total.